The van der Waals surface area contributed by atoms with E-state index in [1.165, 1.54) is 23.1 Å². The normalized spacial score (nSPS) is 10.6. The highest BCUT2D eigenvalue weighted by atomic mass is 32.2. The van der Waals surface area contributed by atoms with Crippen molar-refractivity contribution >= 4 is 61.9 Å². The Bertz CT molecular complexity index is 986. The van der Waals surface area contributed by atoms with E-state index in [9.17, 15) is 14.4 Å². The van der Waals surface area contributed by atoms with Crippen molar-refractivity contribution in [3.8, 4) is 0 Å². The third kappa shape index (κ3) is 5.80. The van der Waals surface area contributed by atoms with Crippen LogP contribution in [-0.4, -0.2) is 33.6 Å². The van der Waals surface area contributed by atoms with Crippen molar-refractivity contribution in [2.45, 2.75) is 17.7 Å². The van der Waals surface area contributed by atoms with Crippen LogP contribution in [0.15, 0.2) is 53.4 Å². The molecule has 1 heterocycles. The van der Waals surface area contributed by atoms with E-state index in [2.05, 4.69) is 15.6 Å². The Labute approximate surface area is 169 Å². The maximum atomic E-state index is 12.2. The first-order valence-corrected chi connectivity index (χ1v) is 10.2. The van der Waals surface area contributed by atoms with E-state index in [1.807, 2.05) is 30.3 Å². The molecule has 144 valence electrons. The van der Waals surface area contributed by atoms with Crippen LogP contribution in [0.1, 0.15) is 12.8 Å². The van der Waals surface area contributed by atoms with Gasteiger partial charge < -0.3 is 15.7 Å². The van der Waals surface area contributed by atoms with Crippen molar-refractivity contribution in [1.82, 2.24) is 4.98 Å². The molecule has 0 fully saturated rings. The van der Waals surface area contributed by atoms with Gasteiger partial charge in [-0.2, -0.15) is 0 Å². The molecule has 0 aliphatic heterocycles. The molecule has 3 rings (SSSR count). The number of benzene rings is 2. The van der Waals surface area contributed by atoms with E-state index >= 15 is 0 Å². The van der Waals surface area contributed by atoms with Gasteiger partial charge in [-0.3, -0.25) is 14.4 Å². The third-order valence-corrected chi connectivity index (χ3v) is 5.54. The number of carboxylic acids is 1. The lowest BCUT2D eigenvalue weighted by atomic mass is 10.2. The van der Waals surface area contributed by atoms with Gasteiger partial charge >= 0.3 is 5.97 Å². The molecule has 0 bridgehead atoms. The molecule has 3 N–H and O–H groups in total. The Morgan fingerprint density at radius 1 is 1.00 bits per heavy atom. The van der Waals surface area contributed by atoms with Gasteiger partial charge in [-0.1, -0.05) is 29.5 Å². The number of anilines is 2. The highest BCUT2D eigenvalue weighted by molar-refractivity contribution is 8.00. The zero-order valence-corrected chi connectivity index (χ0v) is 16.3. The number of nitrogens with zero attached hydrogens (tertiary/aromatic N) is 1. The summed E-state index contributed by atoms with van der Waals surface area (Å²) in [6, 6.07) is 14.7. The third-order valence-electron chi connectivity index (χ3n) is 3.59. The number of thioether (sulfide) groups is 1. The Morgan fingerprint density at radius 3 is 2.61 bits per heavy atom. The number of carbonyl (C=O) groups is 3. The fourth-order valence-electron chi connectivity index (χ4n) is 2.34. The summed E-state index contributed by atoms with van der Waals surface area (Å²) >= 11 is 2.76. The molecule has 1 aromatic heterocycles. The van der Waals surface area contributed by atoms with E-state index in [0.717, 1.165) is 15.1 Å². The quantitative estimate of drug-likeness (QED) is 0.483. The molecule has 2 aromatic carbocycles. The van der Waals surface area contributed by atoms with Crippen molar-refractivity contribution in [2.75, 3.05) is 16.4 Å². The van der Waals surface area contributed by atoms with Crippen molar-refractivity contribution in [3.63, 3.8) is 0 Å². The number of carbonyl (C=O) groups excluding carboxylic acids is 2. The van der Waals surface area contributed by atoms with Gasteiger partial charge in [0.05, 0.1) is 22.4 Å². The lowest BCUT2D eigenvalue weighted by Crippen LogP contribution is -2.14. The van der Waals surface area contributed by atoms with Crippen molar-refractivity contribution in [2.24, 2.45) is 0 Å². The number of nitrogens with one attached hydrogen (secondary N) is 2. The minimum atomic E-state index is -1.02. The van der Waals surface area contributed by atoms with Crippen LogP contribution in [0.5, 0.6) is 0 Å². The number of hydrogen-bond donors (Lipinski definition) is 3. The predicted octanol–water partition coefficient (Wildman–Crippen LogP) is 3.83. The SMILES string of the molecule is O=C(O)CCC(=O)Nc1cccc(SCC(=O)Nc2nc3ccccc3s2)c1. The van der Waals surface area contributed by atoms with Crippen molar-refractivity contribution in [1.29, 1.82) is 0 Å². The maximum Gasteiger partial charge on any atom is 0.303 e. The molecule has 2 amide bonds. The molecule has 0 aliphatic carbocycles. The average molecular weight is 415 g/mol. The summed E-state index contributed by atoms with van der Waals surface area (Å²) in [5.41, 5.74) is 1.41. The molecule has 0 unspecified atom stereocenters. The number of hydrogen-bond acceptors (Lipinski definition) is 6. The van der Waals surface area contributed by atoms with Crippen LogP contribution in [-0.2, 0) is 14.4 Å². The molecular weight excluding hydrogens is 398 g/mol. The second-order valence-electron chi connectivity index (χ2n) is 5.79. The molecule has 3 aromatic rings. The van der Waals surface area contributed by atoms with Crippen LogP contribution in [0.2, 0.25) is 0 Å². The minimum Gasteiger partial charge on any atom is -0.481 e. The highest BCUT2D eigenvalue weighted by Crippen LogP contribution is 2.26. The number of fused-ring (bicyclic) bond motifs is 1. The van der Waals surface area contributed by atoms with Crippen LogP contribution in [0.25, 0.3) is 10.2 Å². The van der Waals surface area contributed by atoms with Gasteiger partial charge in [0.2, 0.25) is 11.8 Å². The molecule has 0 spiro atoms. The van der Waals surface area contributed by atoms with Crippen LogP contribution in [0.4, 0.5) is 10.8 Å². The van der Waals surface area contributed by atoms with E-state index in [4.69, 9.17) is 5.11 Å². The summed E-state index contributed by atoms with van der Waals surface area (Å²) in [6.07, 6.45) is -0.302. The Hall–Kier alpha value is -2.91. The smallest absolute Gasteiger partial charge is 0.303 e. The molecule has 0 saturated carbocycles. The van der Waals surface area contributed by atoms with Crippen LogP contribution < -0.4 is 10.6 Å². The first-order chi connectivity index (χ1) is 13.5. The standard InChI is InChI=1S/C19H17N3O4S2/c23-16(8-9-18(25)26)20-12-4-3-5-13(10-12)27-11-17(24)22-19-21-14-6-1-2-7-15(14)28-19/h1-7,10H,8-9,11H2,(H,20,23)(H,25,26)(H,21,22,24). The molecule has 28 heavy (non-hydrogen) atoms. The lowest BCUT2D eigenvalue weighted by Gasteiger charge is -2.07. The maximum absolute atomic E-state index is 12.2. The number of aliphatic carboxylic acids is 1. The Balaban J connectivity index is 1.51. The van der Waals surface area contributed by atoms with Crippen molar-refractivity contribution < 1.29 is 19.5 Å². The zero-order chi connectivity index (χ0) is 19.9. The number of amides is 2. The number of para-hydroxylation sites is 1. The predicted molar refractivity (Wildman–Crippen MR) is 111 cm³/mol. The van der Waals surface area contributed by atoms with Gasteiger partial charge in [0, 0.05) is 17.0 Å². The zero-order valence-electron chi connectivity index (χ0n) is 14.7. The second-order valence-corrected chi connectivity index (χ2v) is 7.87. The van der Waals surface area contributed by atoms with Crippen molar-refractivity contribution in [3.05, 3.63) is 48.5 Å². The van der Waals surface area contributed by atoms with Gasteiger partial charge in [-0.25, -0.2) is 4.98 Å². The fourth-order valence-corrected chi connectivity index (χ4v) is 3.97. The molecule has 7 nitrogen and oxygen atoms in total. The Kier molecular flexibility index (Phi) is 6.62. The summed E-state index contributed by atoms with van der Waals surface area (Å²) in [5.74, 6) is -1.34. The molecule has 0 atom stereocenters. The Morgan fingerprint density at radius 2 is 1.82 bits per heavy atom. The summed E-state index contributed by atoms with van der Waals surface area (Å²) < 4.78 is 1.01. The molecule has 0 aliphatic rings. The number of rotatable bonds is 8. The highest BCUT2D eigenvalue weighted by Gasteiger charge is 2.09. The number of aromatic nitrogens is 1. The van der Waals surface area contributed by atoms with E-state index in [1.54, 1.807) is 18.2 Å². The van der Waals surface area contributed by atoms with Gasteiger partial charge in [-0.05, 0) is 30.3 Å². The summed E-state index contributed by atoms with van der Waals surface area (Å²) in [6.45, 7) is 0. The summed E-state index contributed by atoms with van der Waals surface area (Å²) in [4.78, 5) is 39.6. The molecule has 0 saturated heterocycles. The monoisotopic (exact) mass is 415 g/mol. The minimum absolute atomic E-state index is 0.0860. The topological polar surface area (TPSA) is 108 Å². The second kappa shape index (κ2) is 9.34. The van der Waals surface area contributed by atoms with Crippen LogP contribution in [0.3, 0.4) is 0 Å². The molecule has 9 heteroatoms. The molecule has 0 radical (unpaired) electrons. The summed E-state index contributed by atoms with van der Waals surface area (Å²) in [5, 5.41) is 14.6. The van der Waals surface area contributed by atoms with Gasteiger partial charge in [0.25, 0.3) is 0 Å². The largest absolute Gasteiger partial charge is 0.481 e. The average Bonchev–Trinajstić information content (AvgIpc) is 3.07. The van der Waals surface area contributed by atoms with Gasteiger partial charge in [-0.15, -0.1) is 11.8 Å². The van der Waals surface area contributed by atoms with E-state index in [-0.39, 0.29) is 30.4 Å². The van der Waals surface area contributed by atoms with E-state index < -0.39 is 5.97 Å². The first kappa shape index (κ1) is 19.8. The number of carboxylic acid groups (broad SMARTS) is 1. The van der Waals surface area contributed by atoms with Gasteiger partial charge in [0.1, 0.15) is 0 Å². The summed E-state index contributed by atoms with van der Waals surface area (Å²) in [7, 11) is 0. The fraction of sp³-hybridized carbons (Fsp3) is 0.158. The molecular formula is C19H17N3O4S2. The lowest BCUT2D eigenvalue weighted by molar-refractivity contribution is -0.138. The first-order valence-electron chi connectivity index (χ1n) is 8.39. The van der Waals surface area contributed by atoms with Crippen LogP contribution >= 0.6 is 23.1 Å². The van der Waals surface area contributed by atoms with Gasteiger partial charge in [0.15, 0.2) is 5.13 Å². The number of thiazole rings is 1. The van der Waals surface area contributed by atoms with E-state index in [0.29, 0.717) is 10.8 Å². The van der Waals surface area contributed by atoms with Crippen LogP contribution in [0, 0.1) is 0 Å².